The second kappa shape index (κ2) is 6.17. The van der Waals surface area contributed by atoms with E-state index in [0.29, 0.717) is 32.5 Å². The zero-order valence-corrected chi connectivity index (χ0v) is 11.4. The van der Waals surface area contributed by atoms with Gasteiger partial charge in [-0.2, -0.15) is 5.26 Å². The van der Waals surface area contributed by atoms with Gasteiger partial charge in [0.1, 0.15) is 0 Å². The number of nitrogens with zero attached hydrogens (tertiary/aromatic N) is 1. The van der Waals surface area contributed by atoms with E-state index < -0.39 is 5.41 Å². The van der Waals surface area contributed by atoms with Gasteiger partial charge in [0.05, 0.1) is 24.7 Å². The molecule has 3 nitrogen and oxygen atoms in total. The molecule has 0 unspecified atom stereocenters. The molecule has 0 aromatic rings. The van der Waals surface area contributed by atoms with E-state index in [0.717, 1.165) is 0 Å². The van der Waals surface area contributed by atoms with Crippen molar-refractivity contribution in [2.45, 2.75) is 39.4 Å². The third-order valence-electron chi connectivity index (χ3n) is 3.18. The van der Waals surface area contributed by atoms with Gasteiger partial charge in [0, 0.05) is 11.8 Å². The SMILES string of the molecule is C=CCC(C#N)(CC=C)CC1OCC(C)(C)CO1. The highest BCUT2D eigenvalue weighted by Crippen LogP contribution is 2.36. The van der Waals surface area contributed by atoms with Crippen molar-refractivity contribution in [1.82, 2.24) is 0 Å². The van der Waals surface area contributed by atoms with E-state index in [1.807, 2.05) is 0 Å². The zero-order chi connectivity index (χ0) is 13.6. The maximum Gasteiger partial charge on any atom is 0.159 e. The minimum absolute atomic E-state index is 0.0582. The number of nitriles is 1. The Kier molecular flexibility index (Phi) is 5.13. The van der Waals surface area contributed by atoms with Crippen LogP contribution >= 0.6 is 0 Å². The van der Waals surface area contributed by atoms with E-state index in [4.69, 9.17) is 9.47 Å². The number of allylic oxidation sites excluding steroid dienone is 2. The van der Waals surface area contributed by atoms with Gasteiger partial charge in [-0.15, -0.1) is 13.2 Å². The number of ether oxygens (including phenoxy) is 2. The Morgan fingerprint density at radius 3 is 2.17 bits per heavy atom. The van der Waals surface area contributed by atoms with Crippen LogP contribution in [-0.4, -0.2) is 19.5 Å². The Morgan fingerprint density at radius 1 is 1.28 bits per heavy atom. The predicted molar refractivity (Wildman–Crippen MR) is 71.8 cm³/mol. The van der Waals surface area contributed by atoms with Gasteiger partial charge in [-0.25, -0.2) is 0 Å². The summed E-state index contributed by atoms with van der Waals surface area (Å²) in [6.45, 7) is 13.0. The second-order valence-corrected chi connectivity index (χ2v) is 5.80. The van der Waals surface area contributed by atoms with E-state index in [-0.39, 0.29) is 11.7 Å². The molecule has 0 aromatic heterocycles. The van der Waals surface area contributed by atoms with Gasteiger partial charge in [0.25, 0.3) is 0 Å². The fourth-order valence-corrected chi connectivity index (χ4v) is 2.10. The monoisotopic (exact) mass is 249 g/mol. The maximum atomic E-state index is 9.42. The topological polar surface area (TPSA) is 42.2 Å². The Labute approximate surface area is 110 Å². The molecule has 0 aliphatic carbocycles. The fraction of sp³-hybridized carbons (Fsp3) is 0.667. The molecule has 1 saturated heterocycles. The lowest BCUT2D eigenvalue weighted by molar-refractivity contribution is -0.230. The molecule has 1 aliphatic heterocycles. The molecule has 0 saturated carbocycles. The second-order valence-electron chi connectivity index (χ2n) is 5.80. The van der Waals surface area contributed by atoms with Crippen LogP contribution in [0.4, 0.5) is 0 Å². The summed E-state index contributed by atoms with van der Waals surface area (Å²) in [6.07, 6.45) is 5.08. The highest BCUT2D eigenvalue weighted by molar-refractivity contribution is 5.06. The first-order valence-corrected chi connectivity index (χ1v) is 6.33. The molecule has 0 bridgehead atoms. The van der Waals surface area contributed by atoms with Crippen LogP contribution in [0.5, 0.6) is 0 Å². The molecule has 1 heterocycles. The van der Waals surface area contributed by atoms with E-state index >= 15 is 0 Å². The Hall–Kier alpha value is -1.11. The third kappa shape index (κ3) is 3.97. The molecule has 1 fully saturated rings. The van der Waals surface area contributed by atoms with E-state index in [1.54, 1.807) is 12.2 Å². The van der Waals surface area contributed by atoms with Crippen LogP contribution in [0, 0.1) is 22.2 Å². The van der Waals surface area contributed by atoms with Crippen molar-refractivity contribution in [1.29, 1.82) is 5.26 Å². The van der Waals surface area contributed by atoms with Gasteiger partial charge in [-0.05, 0) is 12.8 Å². The first kappa shape index (κ1) is 14.9. The van der Waals surface area contributed by atoms with E-state index in [1.165, 1.54) is 0 Å². The minimum Gasteiger partial charge on any atom is -0.352 e. The predicted octanol–water partition coefficient (Wildman–Crippen LogP) is 3.44. The van der Waals surface area contributed by atoms with Gasteiger partial charge in [-0.1, -0.05) is 26.0 Å². The van der Waals surface area contributed by atoms with E-state index in [9.17, 15) is 5.26 Å². The summed E-state index contributed by atoms with van der Waals surface area (Å²) in [4.78, 5) is 0. The fourth-order valence-electron chi connectivity index (χ4n) is 2.10. The van der Waals surface area contributed by atoms with Gasteiger partial charge in [0.2, 0.25) is 0 Å². The lowest BCUT2D eigenvalue weighted by atomic mass is 9.79. The van der Waals surface area contributed by atoms with Crippen molar-refractivity contribution < 1.29 is 9.47 Å². The minimum atomic E-state index is -0.504. The molecule has 0 atom stereocenters. The summed E-state index contributed by atoms with van der Waals surface area (Å²) < 4.78 is 11.4. The molecule has 1 rings (SSSR count). The quantitative estimate of drug-likeness (QED) is 0.677. The van der Waals surface area contributed by atoms with Crippen LogP contribution in [0.15, 0.2) is 25.3 Å². The molecule has 0 spiro atoms. The van der Waals surface area contributed by atoms with Crippen LogP contribution in [-0.2, 0) is 9.47 Å². The molecule has 18 heavy (non-hydrogen) atoms. The molecular formula is C15H23NO2. The summed E-state index contributed by atoms with van der Waals surface area (Å²) in [5.41, 5.74) is -0.446. The highest BCUT2D eigenvalue weighted by Gasteiger charge is 2.36. The molecule has 0 N–H and O–H groups in total. The summed E-state index contributed by atoms with van der Waals surface area (Å²) in [6, 6.07) is 2.38. The summed E-state index contributed by atoms with van der Waals surface area (Å²) in [7, 11) is 0. The van der Waals surface area contributed by atoms with Crippen molar-refractivity contribution in [3.8, 4) is 6.07 Å². The Bertz CT molecular complexity index is 321. The zero-order valence-electron chi connectivity index (χ0n) is 11.4. The largest absolute Gasteiger partial charge is 0.352 e. The lowest BCUT2D eigenvalue weighted by Gasteiger charge is -2.37. The van der Waals surface area contributed by atoms with Crippen LogP contribution in [0.1, 0.15) is 33.1 Å². The first-order valence-electron chi connectivity index (χ1n) is 6.33. The van der Waals surface area contributed by atoms with Crippen molar-refractivity contribution in [2.75, 3.05) is 13.2 Å². The van der Waals surface area contributed by atoms with Crippen molar-refractivity contribution in [3.05, 3.63) is 25.3 Å². The van der Waals surface area contributed by atoms with Crippen LogP contribution < -0.4 is 0 Å². The van der Waals surface area contributed by atoms with Crippen LogP contribution in [0.25, 0.3) is 0 Å². The smallest absolute Gasteiger partial charge is 0.159 e. The normalized spacial score (nSPS) is 20.1. The van der Waals surface area contributed by atoms with E-state index in [2.05, 4.69) is 33.1 Å². The number of hydrogen-bond donors (Lipinski definition) is 0. The Morgan fingerprint density at radius 2 is 1.78 bits per heavy atom. The van der Waals surface area contributed by atoms with Crippen molar-refractivity contribution >= 4 is 0 Å². The molecule has 0 aromatic carbocycles. The molecule has 0 amide bonds. The lowest BCUT2D eigenvalue weighted by Crippen LogP contribution is -2.40. The number of rotatable bonds is 6. The van der Waals surface area contributed by atoms with Gasteiger partial charge in [0.15, 0.2) is 6.29 Å². The van der Waals surface area contributed by atoms with Crippen molar-refractivity contribution in [3.63, 3.8) is 0 Å². The first-order chi connectivity index (χ1) is 8.47. The Balaban J connectivity index is 2.64. The number of hydrogen-bond acceptors (Lipinski definition) is 3. The molecule has 0 radical (unpaired) electrons. The summed E-state index contributed by atoms with van der Waals surface area (Å²) in [5, 5.41) is 9.42. The molecule has 1 aliphatic rings. The van der Waals surface area contributed by atoms with Crippen LogP contribution in [0.2, 0.25) is 0 Å². The highest BCUT2D eigenvalue weighted by atomic mass is 16.7. The van der Waals surface area contributed by atoms with Crippen molar-refractivity contribution in [2.24, 2.45) is 10.8 Å². The van der Waals surface area contributed by atoms with Gasteiger partial charge in [-0.3, -0.25) is 0 Å². The standard InChI is InChI=1S/C15H23NO2/c1-5-7-15(10-16,8-6-2)9-13-17-11-14(3,4)12-18-13/h5-6,13H,1-2,7-9,11-12H2,3-4H3. The average Bonchev–Trinajstić information content (AvgIpc) is 2.32. The van der Waals surface area contributed by atoms with Gasteiger partial charge >= 0.3 is 0 Å². The molecule has 3 heteroatoms. The third-order valence-corrected chi connectivity index (χ3v) is 3.18. The molecule has 100 valence electrons. The average molecular weight is 249 g/mol. The maximum absolute atomic E-state index is 9.42. The van der Waals surface area contributed by atoms with Gasteiger partial charge < -0.3 is 9.47 Å². The summed E-state index contributed by atoms with van der Waals surface area (Å²) in [5.74, 6) is 0. The molecular weight excluding hydrogens is 226 g/mol. The van der Waals surface area contributed by atoms with Crippen LogP contribution in [0.3, 0.4) is 0 Å². The summed E-state index contributed by atoms with van der Waals surface area (Å²) >= 11 is 0.